The first kappa shape index (κ1) is 22.6. The van der Waals surface area contributed by atoms with E-state index in [1.54, 1.807) is 17.9 Å². The molecular formula is C23H17Cl4N3O4. The van der Waals surface area contributed by atoms with Gasteiger partial charge in [-0.25, -0.2) is 4.90 Å². The Morgan fingerprint density at radius 1 is 0.971 bits per heavy atom. The second kappa shape index (κ2) is 7.09. The highest BCUT2D eigenvalue weighted by Gasteiger charge is 2.76. The van der Waals surface area contributed by atoms with Gasteiger partial charge in [-0.05, 0) is 43.7 Å². The minimum Gasteiger partial charge on any atom is -0.389 e. The van der Waals surface area contributed by atoms with Gasteiger partial charge in [-0.1, -0.05) is 46.4 Å². The number of hydrogen-bond acceptors (Lipinski definition) is 5. The van der Waals surface area contributed by atoms with Gasteiger partial charge >= 0.3 is 0 Å². The highest BCUT2D eigenvalue weighted by atomic mass is 35.5. The van der Waals surface area contributed by atoms with Gasteiger partial charge in [0, 0.05) is 33.2 Å². The lowest BCUT2D eigenvalue weighted by molar-refractivity contribution is -0.136. The molecule has 11 heteroatoms. The van der Waals surface area contributed by atoms with Crippen LogP contribution in [-0.2, 0) is 19.9 Å². The summed E-state index contributed by atoms with van der Waals surface area (Å²) < 4.78 is 0. The number of hydrogen-bond donors (Lipinski definition) is 2. The monoisotopic (exact) mass is 539 g/mol. The van der Waals surface area contributed by atoms with Crippen molar-refractivity contribution in [2.75, 3.05) is 16.8 Å². The summed E-state index contributed by atoms with van der Waals surface area (Å²) in [5, 5.41) is 14.8. The average Bonchev–Trinajstić information content (AvgIpc) is 3.35. The van der Waals surface area contributed by atoms with E-state index in [4.69, 9.17) is 46.4 Å². The standard InChI is InChI=1S/C23H17Cl4N3O4/c1-22(34)7-15-16-17(20(32)30(19(16)31)12-3-9(24)2-10(25)4-12)23(29(15)8-22)13-5-11(26)6-14(27)18(13)28-21(23)33/h2-6,15-17,34H,7-8H2,1H3,(H,28,33)/t15?,16?,17?,22-,23?/m1/s1. The maximum atomic E-state index is 14.0. The lowest BCUT2D eigenvalue weighted by atomic mass is 9.74. The molecule has 0 aromatic heterocycles. The predicted molar refractivity (Wildman–Crippen MR) is 128 cm³/mol. The van der Waals surface area contributed by atoms with E-state index >= 15 is 0 Å². The second-order valence-electron chi connectivity index (χ2n) is 9.57. The van der Waals surface area contributed by atoms with E-state index in [-0.39, 0.29) is 33.7 Å². The van der Waals surface area contributed by atoms with Crippen LogP contribution in [0.2, 0.25) is 20.1 Å². The highest BCUT2D eigenvalue weighted by molar-refractivity contribution is 6.38. The Morgan fingerprint density at radius 3 is 2.29 bits per heavy atom. The fourth-order valence-corrected chi connectivity index (χ4v) is 7.42. The van der Waals surface area contributed by atoms with E-state index in [2.05, 4.69) is 5.32 Å². The van der Waals surface area contributed by atoms with Gasteiger partial charge in [-0.3, -0.25) is 19.3 Å². The molecule has 4 aliphatic rings. The molecule has 4 heterocycles. The van der Waals surface area contributed by atoms with E-state index in [0.717, 1.165) is 4.90 Å². The number of benzene rings is 2. The highest BCUT2D eigenvalue weighted by Crippen LogP contribution is 2.62. The quantitative estimate of drug-likeness (QED) is 0.532. The third-order valence-electron chi connectivity index (χ3n) is 7.38. The van der Waals surface area contributed by atoms with Gasteiger partial charge in [0.25, 0.3) is 5.91 Å². The number of nitrogens with zero attached hydrogens (tertiary/aromatic N) is 2. The Balaban J connectivity index is 1.59. The zero-order valence-corrected chi connectivity index (χ0v) is 20.6. The molecule has 4 aliphatic heterocycles. The lowest BCUT2D eigenvalue weighted by Crippen LogP contribution is -2.55. The lowest BCUT2D eigenvalue weighted by Gasteiger charge is -2.37. The Morgan fingerprint density at radius 2 is 1.62 bits per heavy atom. The van der Waals surface area contributed by atoms with Crippen LogP contribution in [0, 0.1) is 11.8 Å². The Labute approximate surface area is 214 Å². The van der Waals surface area contributed by atoms with Crippen LogP contribution in [0.3, 0.4) is 0 Å². The molecule has 6 rings (SSSR count). The van der Waals surface area contributed by atoms with Crippen LogP contribution in [0.5, 0.6) is 0 Å². The molecule has 0 aliphatic carbocycles. The van der Waals surface area contributed by atoms with Crippen molar-refractivity contribution >= 4 is 75.5 Å². The van der Waals surface area contributed by atoms with Gasteiger partial charge in [-0.2, -0.15) is 0 Å². The third kappa shape index (κ3) is 2.77. The van der Waals surface area contributed by atoms with Gasteiger partial charge < -0.3 is 10.4 Å². The van der Waals surface area contributed by atoms with Crippen molar-refractivity contribution in [1.82, 2.24) is 4.90 Å². The Hall–Kier alpha value is -1.87. The number of carbonyl (C=O) groups is 3. The molecule has 0 radical (unpaired) electrons. The molecule has 1 spiro atoms. The summed E-state index contributed by atoms with van der Waals surface area (Å²) in [6, 6.07) is 7.02. The first-order chi connectivity index (χ1) is 16.0. The number of nitrogens with one attached hydrogen (secondary N) is 1. The summed E-state index contributed by atoms with van der Waals surface area (Å²) >= 11 is 25.0. The van der Waals surface area contributed by atoms with Crippen LogP contribution >= 0.6 is 46.4 Å². The average molecular weight is 541 g/mol. The van der Waals surface area contributed by atoms with E-state index in [0.29, 0.717) is 16.3 Å². The van der Waals surface area contributed by atoms with Crippen LogP contribution in [0.1, 0.15) is 18.9 Å². The van der Waals surface area contributed by atoms with E-state index in [1.165, 1.54) is 24.3 Å². The summed E-state index contributed by atoms with van der Waals surface area (Å²) in [6.45, 7) is 1.76. The zero-order chi connectivity index (χ0) is 24.3. The molecule has 176 valence electrons. The Bertz CT molecular complexity index is 1310. The molecule has 5 atom stereocenters. The number of fused-ring (bicyclic) bond motifs is 7. The third-order valence-corrected chi connectivity index (χ3v) is 8.34. The minimum absolute atomic E-state index is 0.102. The van der Waals surface area contributed by atoms with E-state index in [1.807, 2.05) is 0 Å². The van der Waals surface area contributed by atoms with E-state index < -0.39 is 46.7 Å². The number of anilines is 2. The molecule has 4 unspecified atom stereocenters. The van der Waals surface area contributed by atoms with Gasteiger partial charge in [0.2, 0.25) is 11.8 Å². The first-order valence-electron chi connectivity index (χ1n) is 10.6. The summed E-state index contributed by atoms with van der Waals surface area (Å²) in [7, 11) is 0. The molecule has 34 heavy (non-hydrogen) atoms. The molecule has 3 saturated heterocycles. The fourth-order valence-electron chi connectivity index (χ4n) is 6.36. The number of rotatable bonds is 1. The van der Waals surface area contributed by atoms with Crippen molar-refractivity contribution in [3.63, 3.8) is 0 Å². The minimum atomic E-state index is -1.55. The van der Waals surface area contributed by atoms with Crippen LogP contribution in [0.15, 0.2) is 30.3 Å². The fraction of sp³-hybridized carbons (Fsp3) is 0.348. The first-order valence-corrected chi connectivity index (χ1v) is 12.1. The van der Waals surface area contributed by atoms with Gasteiger partial charge in [-0.15, -0.1) is 0 Å². The molecule has 2 aromatic carbocycles. The largest absolute Gasteiger partial charge is 0.389 e. The number of imide groups is 1. The van der Waals surface area contributed by atoms with Gasteiger partial charge in [0.1, 0.15) is 5.54 Å². The smallest absolute Gasteiger partial charge is 0.250 e. The predicted octanol–water partition coefficient (Wildman–Crippen LogP) is 4.09. The van der Waals surface area contributed by atoms with Crippen LogP contribution < -0.4 is 10.2 Å². The maximum absolute atomic E-state index is 14.0. The molecular weight excluding hydrogens is 524 g/mol. The number of carbonyl (C=O) groups excluding carboxylic acids is 3. The SMILES string of the molecule is C[C@@]1(O)CC2C3C(=O)N(c4cc(Cl)cc(Cl)c4)C(=O)C3C3(C(=O)Nc4c(Cl)cc(Cl)cc43)N2C1. The number of aliphatic hydroxyl groups is 1. The number of halogens is 4. The zero-order valence-electron chi connectivity index (χ0n) is 17.6. The summed E-state index contributed by atoms with van der Waals surface area (Å²) in [4.78, 5) is 44.4. The molecule has 3 amide bonds. The molecule has 7 nitrogen and oxygen atoms in total. The molecule has 3 fully saturated rings. The van der Waals surface area contributed by atoms with Gasteiger partial charge in [0.15, 0.2) is 0 Å². The molecule has 2 aromatic rings. The topological polar surface area (TPSA) is 90.0 Å². The van der Waals surface area contributed by atoms with Crippen LogP contribution in [-0.4, -0.2) is 45.9 Å². The normalized spacial score (nSPS) is 34.1. The van der Waals surface area contributed by atoms with Crippen molar-refractivity contribution in [2.24, 2.45) is 11.8 Å². The summed E-state index contributed by atoms with van der Waals surface area (Å²) in [5.41, 5.74) is -1.70. The van der Waals surface area contributed by atoms with Crippen molar-refractivity contribution in [1.29, 1.82) is 0 Å². The second-order valence-corrected chi connectivity index (χ2v) is 11.3. The molecule has 0 saturated carbocycles. The van der Waals surface area contributed by atoms with Crippen molar-refractivity contribution in [3.05, 3.63) is 56.0 Å². The molecule has 2 N–H and O–H groups in total. The Kier molecular flexibility index (Phi) is 4.71. The molecule has 0 bridgehead atoms. The van der Waals surface area contributed by atoms with Crippen molar-refractivity contribution in [3.8, 4) is 0 Å². The van der Waals surface area contributed by atoms with Crippen LogP contribution in [0.25, 0.3) is 0 Å². The van der Waals surface area contributed by atoms with E-state index in [9.17, 15) is 19.5 Å². The summed E-state index contributed by atoms with van der Waals surface area (Å²) in [6.07, 6.45) is 0.218. The number of amides is 3. The van der Waals surface area contributed by atoms with Crippen molar-refractivity contribution < 1.29 is 19.5 Å². The maximum Gasteiger partial charge on any atom is 0.250 e. The summed E-state index contributed by atoms with van der Waals surface area (Å²) in [5.74, 6) is -3.40. The van der Waals surface area contributed by atoms with Crippen LogP contribution in [0.4, 0.5) is 11.4 Å². The van der Waals surface area contributed by atoms with Gasteiger partial charge in [0.05, 0.1) is 33.8 Å². The van der Waals surface area contributed by atoms with Crippen molar-refractivity contribution in [2.45, 2.75) is 30.5 Å².